The predicted molar refractivity (Wildman–Crippen MR) is 127 cm³/mol. The molecule has 3 aromatic rings. The standard InChI is InChI=1S/C24H30N4O3S/c1-6-28-23(19-9-7-8-10-20(19)31-5)26-27-24(28)32-15-21(29)25-22(16(2)3)17-11-13-18(30-4)14-12-17/h7-14,16,22H,6,15H2,1-5H3,(H,25,29). The molecule has 8 heteroatoms. The summed E-state index contributed by atoms with van der Waals surface area (Å²) in [7, 11) is 3.28. The Labute approximate surface area is 193 Å². The fraction of sp³-hybridized carbons (Fsp3) is 0.375. The quantitative estimate of drug-likeness (QED) is 0.452. The van der Waals surface area contributed by atoms with Gasteiger partial charge < -0.3 is 19.4 Å². The molecule has 0 aliphatic rings. The molecule has 1 atom stereocenters. The topological polar surface area (TPSA) is 78.3 Å². The van der Waals surface area contributed by atoms with Gasteiger partial charge in [-0.2, -0.15) is 0 Å². The molecular formula is C24H30N4O3S. The molecule has 3 rings (SSSR count). The van der Waals surface area contributed by atoms with Gasteiger partial charge in [0.25, 0.3) is 0 Å². The predicted octanol–water partition coefficient (Wildman–Crippen LogP) is 4.59. The number of thioether (sulfide) groups is 1. The molecule has 0 bridgehead atoms. The molecule has 2 aromatic carbocycles. The molecule has 0 fully saturated rings. The third-order valence-corrected chi connectivity index (χ3v) is 6.14. The lowest BCUT2D eigenvalue weighted by Gasteiger charge is -2.23. The average molecular weight is 455 g/mol. The summed E-state index contributed by atoms with van der Waals surface area (Å²) in [6.45, 7) is 6.90. The molecule has 1 N–H and O–H groups in total. The van der Waals surface area contributed by atoms with Crippen LogP contribution in [-0.2, 0) is 11.3 Å². The Kier molecular flexibility index (Phi) is 8.16. The molecule has 32 heavy (non-hydrogen) atoms. The maximum absolute atomic E-state index is 12.8. The zero-order chi connectivity index (χ0) is 23.1. The number of ether oxygens (including phenoxy) is 2. The van der Waals surface area contributed by atoms with Crippen LogP contribution in [0.25, 0.3) is 11.4 Å². The molecule has 1 aromatic heterocycles. The summed E-state index contributed by atoms with van der Waals surface area (Å²) in [6, 6.07) is 15.4. The summed E-state index contributed by atoms with van der Waals surface area (Å²) in [6.07, 6.45) is 0. The van der Waals surface area contributed by atoms with E-state index in [2.05, 4.69) is 29.4 Å². The number of nitrogens with one attached hydrogen (secondary N) is 1. The third-order valence-electron chi connectivity index (χ3n) is 5.17. The minimum absolute atomic E-state index is 0.0472. The van der Waals surface area contributed by atoms with Gasteiger partial charge in [0.05, 0.1) is 31.6 Å². The first-order valence-electron chi connectivity index (χ1n) is 10.6. The minimum Gasteiger partial charge on any atom is -0.497 e. The number of hydrogen-bond donors (Lipinski definition) is 1. The highest BCUT2D eigenvalue weighted by atomic mass is 32.2. The van der Waals surface area contributed by atoms with E-state index in [4.69, 9.17) is 9.47 Å². The van der Waals surface area contributed by atoms with E-state index in [1.165, 1.54) is 11.8 Å². The van der Waals surface area contributed by atoms with E-state index in [1.807, 2.05) is 60.0 Å². The van der Waals surface area contributed by atoms with Crippen molar-refractivity contribution in [3.05, 3.63) is 54.1 Å². The van der Waals surface area contributed by atoms with Gasteiger partial charge in [0.2, 0.25) is 5.91 Å². The zero-order valence-corrected chi connectivity index (χ0v) is 20.0. The van der Waals surface area contributed by atoms with Crippen molar-refractivity contribution in [2.75, 3.05) is 20.0 Å². The van der Waals surface area contributed by atoms with E-state index in [1.54, 1.807) is 14.2 Å². The van der Waals surface area contributed by atoms with Crippen molar-refractivity contribution in [3.63, 3.8) is 0 Å². The SMILES string of the molecule is CCn1c(SCC(=O)NC(c2ccc(OC)cc2)C(C)C)nnc1-c1ccccc1OC. The molecule has 0 spiro atoms. The Morgan fingerprint density at radius 1 is 1.06 bits per heavy atom. The van der Waals surface area contributed by atoms with Gasteiger partial charge in [-0.3, -0.25) is 4.79 Å². The van der Waals surface area contributed by atoms with E-state index in [-0.39, 0.29) is 23.6 Å². The van der Waals surface area contributed by atoms with E-state index in [0.29, 0.717) is 11.7 Å². The molecule has 0 radical (unpaired) electrons. The van der Waals surface area contributed by atoms with Crippen LogP contribution < -0.4 is 14.8 Å². The van der Waals surface area contributed by atoms with Gasteiger partial charge in [-0.15, -0.1) is 10.2 Å². The summed E-state index contributed by atoms with van der Waals surface area (Å²) >= 11 is 1.38. The molecule has 1 amide bonds. The second kappa shape index (κ2) is 11.0. The van der Waals surface area contributed by atoms with Gasteiger partial charge in [0.15, 0.2) is 11.0 Å². The van der Waals surface area contributed by atoms with Crippen LogP contribution in [0.4, 0.5) is 0 Å². The number of benzene rings is 2. The summed E-state index contributed by atoms with van der Waals surface area (Å²) < 4.78 is 12.7. The molecule has 0 aliphatic carbocycles. The molecule has 0 saturated carbocycles. The normalized spacial score (nSPS) is 11.9. The third kappa shape index (κ3) is 5.43. The van der Waals surface area contributed by atoms with Crippen LogP contribution in [0.5, 0.6) is 11.5 Å². The van der Waals surface area contributed by atoms with Gasteiger partial charge in [0, 0.05) is 6.54 Å². The van der Waals surface area contributed by atoms with Crippen molar-refractivity contribution >= 4 is 17.7 Å². The van der Waals surface area contributed by atoms with Crippen molar-refractivity contribution in [2.45, 2.75) is 38.5 Å². The number of rotatable bonds is 10. The number of methoxy groups -OCH3 is 2. The van der Waals surface area contributed by atoms with Crippen LogP contribution >= 0.6 is 11.8 Å². The number of nitrogens with zero attached hydrogens (tertiary/aromatic N) is 3. The first kappa shape index (κ1) is 23.7. The number of amides is 1. The molecule has 7 nitrogen and oxygen atoms in total. The Bertz CT molecular complexity index is 1030. The lowest BCUT2D eigenvalue weighted by molar-refractivity contribution is -0.119. The number of hydrogen-bond acceptors (Lipinski definition) is 6. The molecule has 0 saturated heterocycles. The van der Waals surface area contributed by atoms with E-state index >= 15 is 0 Å². The molecular weight excluding hydrogens is 424 g/mol. The largest absolute Gasteiger partial charge is 0.497 e. The number of para-hydroxylation sites is 1. The van der Waals surface area contributed by atoms with Crippen LogP contribution in [0.15, 0.2) is 53.7 Å². The minimum atomic E-state index is -0.0813. The highest BCUT2D eigenvalue weighted by molar-refractivity contribution is 7.99. The molecule has 170 valence electrons. The highest BCUT2D eigenvalue weighted by Gasteiger charge is 2.21. The van der Waals surface area contributed by atoms with Crippen LogP contribution in [0.1, 0.15) is 32.4 Å². The Balaban J connectivity index is 1.70. The fourth-order valence-electron chi connectivity index (χ4n) is 3.50. The van der Waals surface area contributed by atoms with Gasteiger partial charge >= 0.3 is 0 Å². The van der Waals surface area contributed by atoms with Gasteiger partial charge in [-0.1, -0.05) is 49.9 Å². The average Bonchev–Trinajstić information content (AvgIpc) is 3.23. The van der Waals surface area contributed by atoms with E-state index in [0.717, 1.165) is 28.5 Å². The summed E-state index contributed by atoms with van der Waals surface area (Å²) in [5.41, 5.74) is 1.93. The van der Waals surface area contributed by atoms with Gasteiger partial charge in [-0.25, -0.2) is 0 Å². The van der Waals surface area contributed by atoms with Crippen LogP contribution in [0.2, 0.25) is 0 Å². The Morgan fingerprint density at radius 3 is 2.41 bits per heavy atom. The Hall–Kier alpha value is -3.00. The summed E-state index contributed by atoms with van der Waals surface area (Å²) in [4.78, 5) is 12.8. The van der Waals surface area contributed by atoms with Crippen molar-refractivity contribution in [3.8, 4) is 22.9 Å². The van der Waals surface area contributed by atoms with Crippen LogP contribution in [0, 0.1) is 5.92 Å². The van der Waals surface area contributed by atoms with Crippen molar-refractivity contribution in [1.29, 1.82) is 0 Å². The maximum Gasteiger partial charge on any atom is 0.230 e. The summed E-state index contributed by atoms with van der Waals surface area (Å²) in [5, 5.41) is 12.6. The first-order valence-corrected chi connectivity index (χ1v) is 11.6. The summed E-state index contributed by atoms with van der Waals surface area (Å²) in [5.74, 6) is 2.71. The van der Waals surface area contributed by atoms with Crippen LogP contribution in [0.3, 0.4) is 0 Å². The van der Waals surface area contributed by atoms with Gasteiger partial charge in [0.1, 0.15) is 11.5 Å². The van der Waals surface area contributed by atoms with Gasteiger partial charge in [-0.05, 0) is 42.7 Å². The van der Waals surface area contributed by atoms with Crippen molar-refractivity contribution in [1.82, 2.24) is 20.1 Å². The number of carbonyl (C=O) groups excluding carboxylic acids is 1. The molecule has 1 heterocycles. The first-order chi connectivity index (χ1) is 15.5. The maximum atomic E-state index is 12.8. The smallest absolute Gasteiger partial charge is 0.230 e. The monoisotopic (exact) mass is 454 g/mol. The lowest BCUT2D eigenvalue weighted by Crippen LogP contribution is -2.33. The Morgan fingerprint density at radius 2 is 1.78 bits per heavy atom. The molecule has 0 aliphatic heterocycles. The number of aromatic nitrogens is 3. The van der Waals surface area contributed by atoms with E-state index in [9.17, 15) is 4.79 Å². The fourth-order valence-corrected chi connectivity index (χ4v) is 4.31. The second-order valence-electron chi connectivity index (χ2n) is 7.60. The second-order valence-corrected chi connectivity index (χ2v) is 8.54. The highest BCUT2D eigenvalue weighted by Crippen LogP contribution is 2.31. The van der Waals surface area contributed by atoms with Crippen molar-refractivity contribution < 1.29 is 14.3 Å². The zero-order valence-electron chi connectivity index (χ0n) is 19.2. The molecule has 1 unspecified atom stereocenters. The van der Waals surface area contributed by atoms with Crippen LogP contribution in [-0.4, -0.2) is 40.6 Å². The number of carbonyl (C=O) groups is 1. The van der Waals surface area contributed by atoms with E-state index < -0.39 is 0 Å². The van der Waals surface area contributed by atoms with Crippen molar-refractivity contribution in [2.24, 2.45) is 5.92 Å². The lowest BCUT2D eigenvalue weighted by atomic mass is 9.96.